The summed E-state index contributed by atoms with van der Waals surface area (Å²) in [4.78, 5) is 13.2. The molecule has 3 rings (SSSR count). The minimum Gasteiger partial charge on any atom is -0.267 e. The fraction of sp³-hybridized carbons (Fsp3) is 0.176. The number of hydrogen-bond acceptors (Lipinski definition) is 3. The van der Waals surface area contributed by atoms with E-state index >= 15 is 0 Å². The molecule has 0 aromatic heterocycles. The van der Waals surface area contributed by atoms with Gasteiger partial charge in [0.1, 0.15) is 5.82 Å². The number of hydrazone groups is 1. The monoisotopic (exact) mass is 314 g/mol. The van der Waals surface area contributed by atoms with E-state index in [-0.39, 0.29) is 11.7 Å². The lowest BCUT2D eigenvalue weighted by molar-refractivity contribution is 0.0954. The molecule has 1 heterocycles. The summed E-state index contributed by atoms with van der Waals surface area (Å²) in [5.41, 5.74) is 5.56. The SMILES string of the molecule is Cc1ccccc1C(=O)N/N=C1/CCSc2ccc(F)cc21. The van der Waals surface area contributed by atoms with Gasteiger partial charge in [0.2, 0.25) is 0 Å². The fourth-order valence-electron chi connectivity index (χ4n) is 2.37. The van der Waals surface area contributed by atoms with Gasteiger partial charge in [-0.25, -0.2) is 9.82 Å². The second-order valence-corrected chi connectivity index (χ2v) is 6.19. The molecule has 0 radical (unpaired) electrons. The number of nitrogens with one attached hydrogen (secondary N) is 1. The van der Waals surface area contributed by atoms with E-state index in [1.807, 2.05) is 25.1 Å². The maximum atomic E-state index is 13.4. The van der Waals surface area contributed by atoms with E-state index in [0.717, 1.165) is 27.5 Å². The number of fused-ring (bicyclic) bond motifs is 1. The standard InChI is InChI=1S/C17H15FN2OS/c1-11-4-2-3-5-13(11)17(21)20-19-15-8-9-22-16-7-6-12(18)10-14(15)16/h2-7,10H,8-9H2,1H3,(H,20,21)/b19-15-. The minimum atomic E-state index is -0.292. The minimum absolute atomic E-state index is 0.248. The average molecular weight is 314 g/mol. The summed E-state index contributed by atoms with van der Waals surface area (Å²) in [7, 11) is 0. The Kier molecular flexibility index (Phi) is 4.24. The molecular weight excluding hydrogens is 299 g/mol. The number of benzene rings is 2. The molecule has 0 bridgehead atoms. The topological polar surface area (TPSA) is 41.5 Å². The zero-order chi connectivity index (χ0) is 15.5. The summed E-state index contributed by atoms with van der Waals surface area (Å²) >= 11 is 1.67. The number of hydrogen-bond donors (Lipinski definition) is 1. The van der Waals surface area contributed by atoms with Crippen LogP contribution in [0.4, 0.5) is 4.39 Å². The molecule has 3 nitrogen and oxygen atoms in total. The lowest BCUT2D eigenvalue weighted by Gasteiger charge is -2.17. The van der Waals surface area contributed by atoms with Crippen molar-refractivity contribution >= 4 is 23.4 Å². The Morgan fingerprint density at radius 2 is 2.09 bits per heavy atom. The summed E-state index contributed by atoms with van der Waals surface area (Å²) in [5.74, 6) is 0.332. The zero-order valence-electron chi connectivity index (χ0n) is 12.1. The van der Waals surface area contributed by atoms with Crippen LogP contribution in [0.5, 0.6) is 0 Å². The zero-order valence-corrected chi connectivity index (χ0v) is 12.9. The largest absolute Gasteiger partial charge is 0.271 e. The Labute approximate surface area is 132 Å². The van der Waals surface area contributed by atoms with Gasteiger partial charge in [-0.3, -0.25) is 4.79 Å². The predicted molar refractivity (Wildman–Crippen MR) is 86.9 cm³/mol. The van der Waals surface area contributed by atoms with Crippen molar-refractivity contribution in [3.63, 3.8) is 0 Å². The molecule has 0 atom stereocenters. The maximum absolute atomic E-state index is 13.4. The molecule has 1 amide bonds. The second-order valence-electron chi connectivity index (χ2n) is 5.05. The first-order valence-electron chi connectivity index (χ1n) is 7.00. The van der Waals surface area contributed by atoms with Crippen LogP contribution in [0.1, 0.15) is 27.9 Å². The lowest BCUT2D eigenvalue weighted by atomic mass is 10.1. The van der Waals surface area contributed by atoms with Crippen LogP contribution in [0.15, 0.2) is 52.5 Å². The molecule has 1 aliphatic rings. The third-order valence-electron chi connectivity index (χ3n) is 3.53. The van der Waals surface area contributed by atoms with Crippen molar-refractivity contribution in [1.29, 1.82) is 0 Å². The fourth-order valence-corrected chi connectivity index (χ4v) is 3.38. The molecule has 0 unspecified atom stereocenters. The van der Waals surface area contributed by atoms with Crippen LogP contribution in [-0.4, -0.2) is 17.4 Å². The number of nitrogens with zero attached hydrogens (tertiary/aromatic N) is 1. The molecule has 2 aromatic carbocycles. The molecule has 22 heavy (non-hydrogen) atoms. The van der Waals surface area contributed by atoms with E-state index in [9.17, 15) is 9.18 Å². The van der Waals surface area contributed by atoms with Crippen LogP contribution in [0.25, 0.3) is 0 Å². The highest BCUT2D eigenvalue weighted by atomic mass is 32.2. The van der Waals surface area contributed by atoms with E-state index in [1.165, 1.54) is 12.1 Å². The number of halogens is 1. The Balaban J connectivity index is 1.84. The number of thioether (sulfide) groups is 1. The average Bonchev–Trinajstić information content (AvgIpc) is 2.53. The summed E-state index contributed by atoms with van der Waals surface area (Å²) < 4.78 is 13.4. The third kappa shape index (κ3) is 3.04. The van der Waals surface area contributed by atoms with Gasteiger partial charge in [0.25, 0.3) is 5.91 Å². The van der Waals surface area contributed by atoms with Crippen molar-refractivity contribution in [2.75, 3.05) is 5.75 Å². The van der Waals surface area contributed by atoms with Gasteiger partial charge in [-0.2, -0.15) is 5.10 Å². The molecule has 0 spiro atoms. The smallest absolute Gasteiger partial charge is 0.267 e. The molecule has 1 N–H and O–H groups in total. The van der Waals surface area contributed by atoms with Crippen molar-refractivity contribution in [3.05, 3.63) is 65.0 Å². The molecule has 1 aliphatic heterocycles. The van der Waals surface area contributed by atoms with Crippen LogP contribution in [0.3, 0.4) is 0 Å². The van der Waals surface area contributed by atoms with E-state index in [2.05, 4.69) is 10.5 Å². The second kappa shape index (κ2) is 6.32. The molecule has 0 saturated carbocycles. The van der Waals surface area contributed by atoms with Gasteiger partial charge in [-0.15, -0.1) is 11.8 Å². The van der Waals surface area contributed by atoms with Crippen molar-refractivity contribution < 1.29 is 9.18 Å². The van der Waals surface area contributed by atoms with Crippen molar-refractivity contribution in [2.45, 2.75) is 18.2 Å². The highest BCUT2D eigenvalue weighted by molar-refractivity contribution is 7.99. The first-order valence-corrected chi connectivity index (χ1v) is 7.99. The van der Waals surface area contributed by atoms with Gasteiger partial charge in [-0.05, 0) is 36.8 Å². The highest BCUT2D eigenvalue weighted by Gasteiger charge is 2.17. The highest BCUT2D eigenvalue weighted by Crippen LogP contribution is 2.30. The van der Waals surface area contributed by atoms with Crippen LogP contribution >= 0.6 is 11.8 Å². The molecule has 0 saturated heterocycles. The predicted octanol–water partition coefficient (Wildman–Crippen LogP) is 3.76. The van der Waals surface area contributed by atoms with E-state index < -0.39 is 0 Å². The van der Waals surface area contributed by atoms with Crippen LogP contribution in [-0.2, 0) is 0 Å². The molecule has 112 valence electrons. The molecule has 2 aromatic rings. The number of carbonyl (C=O) groups is 1. The molecule has 0 fully saturated rings. The van der Waals surface area contributed by atoms with Gasteiger partial charge >= 0.3 is 0 Å². The summed E-state index contributed by atoms with van der Waals surface area (Å²) in [6.45, 7) is 1.88. The summed E-state index contributed by atoms with van der Waals surface area (Å²) in [6, 6.07) is 12.0. The van der Waals surface area contributed by atoms with Crippen LogP contribution in [0, 0.1) is 12.7 Å². The number of carbonyl (C=O) groups excluding carboxylic acids is 1. The quantitative estimate of drug-likeness (QED) is 0.858. The molecule has 5 heteroatoms. The Morgan fingerprint density at radius 3 is 2.91 bits per heavy atom. The van der Waals surface area contributed by atoms with E-state index in [1.54, 1.807) is 23.9 Å². The number of rotatable bonds is 2. The Bertz CT molecular complexity index is 758. The van der Waals surface area contributed by atoms with Gasteiger partial charge in [0.05, 0.1) is 5.71 Å². The van der Waals surface area contributed by atoms with Gasteiger partial charge in [0.15, 0.2) is 0 Å². The van der Waals surface area contributed by atoms with Gasteiger partial charge in [0, 0.05) is 28.2 Å². The first-order chi connectivity index (χ1) is 10.6. The van der Waals surface area contributed by atoms with Crippen LogP contribution in [0.2, 0.25) is 0 Å². The Hall–Kier alpha value is -2.14. The third-order valence-corrected chi connectivity index (χ3v) is 4.61. The number of amides is 1. The Morgan fingerprint density at radius 1 is 1.27 bits per heavy atom. The maximum Gasteiger partial charge on any atom is 0.271 e. The number of aryl methyl sites for hydroxylation is 1. The van der Waals surface area contributed by atoms with E-state index in [0.29, 0.717) is 12.0 Å². The summed E-state index contributed by atoms with van der Waals surface area (Å²) in [5, 5.41) is 4.22. The van der Waals surface area contributed by atoms with Crippen molar-refractivity contribution in [2.24, 2.45) is 5.10 Å². The van der Waals surface area contributed by atoms with Crippen molar-refractivity contribution in [1.82, 2.24) is 5.43 Å². The normalized spacial score (nSPS) is 15.5. The molecular formula is C17H15FN2OS. The van der Waals surface area contributed by atoms with Crippen LogP contribution < -0.4 is 5.43 Å². The van der Waals surface area contributed by atoms with Gasteiger partial charge in [-0.1, -0.05) is 18.2 Å². The first kappa shape index (κ1) is 14.8. The lowest BCUT2D eigenvalue weighted by Crippen LogP contribution is -2.22. The van der Waals surface area contributed by atoms with Crippen molar-refractivity contribution in [3.8, 4) is 0 Å². The van der Waals surface area contributed by atoms with E-state index in [4.69, 9.17) is 0 Å². The summed E-state index contributed by atoms with van der Waals surface area (Å²) in [6.07, 6.45) is 0.704. The van der Waals surface area contributed by atoms with Gasteiger partial charge < -0.3 is 0 Å². The molecule has 0 aliphatic carbocycles.